The number of hydrogen-bond donors (Lipinski definition) is 1. The lowest BCUT2D eigenvalue weighted by molar-refractivity contribution is 0.0785. The van der Waals surface area contributed by atoms with Crippen molar-refractivity contribution >= 4 is 5.91 Å². The lowest BCUT2D eigenvalue weighted by Crippen LogP contribution is -2.26. The smallest absolute Gasteiger partial charge is 0.253 e. The van der Waals surface area contributed by atoms with Crippen molar-refractivity contribution in [1.82, 2.24) is 4.90 Å². The molecule has 3 nitrogen and oxygen atoms in total. The average Bonchev–Trinajstić information content (AvgIpc) is 2.46. The largest absolute Gasteiger partial charge is 0.337 e. The number of carbonyl (C=O) groups excluding carboxylic acids is 1. The molecule has 0 atom stereocenters. The molecule has 2 rings (SSSR count). The van der Waals surface area contributed by atoms with E-state index in [9.17, 15) is 9.18 Å². The third-order valence-corrected chi connectivity index (χ3v) is 3.07. The Kier molecular flexibility index (Phi) is 4.48. The Labute approximate surface area is 117 Å². The third kappa shape index (κ3) is 3.42. The fourth-order valence-corrected chi connectivity index (χ4v) is 2.03. The predicted molar refractivity (Wildman–Crippen MR) is 76.5 cm³/mol. The van der Waals surface area contributed by atoms with E-state index in [-0.39, 0.29) is 11.7 Å². The van der Waals surface area contributed by atoms with Gasteiger partial charge in [-0.3, -0.25) is 4.79 Å². The Morgan fingerprint density at radius 2 is 1.85 bits per heavy atom. The highest BCUT2D eigenvalue weighted by Crippen LogP contribution is 2.11. The first kappa shape index (κ1) is 14.2. The summed E-state index contributed by atoms with van der Waals surface area (Å²) in [5, 5.41) is 0. The van der Waals surface area contributed by atoms with Crippen molar-refractivity contribution < 1.29 is 9.18 Å². The SMILES string of the molecule is CN(Cc1cccc(F)c1)C(=O)c1cccc(CN)c1. The molecular formula is C16H17FN2O. The van der Waals surface area contributed by atoms with Gasteiger partial charge in [0.15, 0.2) is 0 Å². The van der Waals surface area contributed by atoms with E-state index in [1.54, 1.807) is 36.2 Å². The van der Waals surface area contributed by atoms with Gasteiger partial charge in [-0.25, -0.2) is 4.39 Å². The van der Waals surface area contributed by atoms with Crippen LogP contribution in [0.25, 0.3) is 0 Å². The molecule has 0 fully saturated rings. The summed E-state index contributed by atoms with van der Waals surface area (Å²) in [5.74, 6) is -0.405. The molecule has 20 heavy (non-hydrogen) atoms. The number of rotatable bonds is 4. The van der Waals surface area contributed by atoms with Gasteiger partial charge in [0.1, 0.15) is 5.82 Å². The van der Waals surface area contributed by atoms with Crippen LogP contribution in [0.1, 0.15) is 21.5 Å². The Bertz CT molecular complexity index is 613. The van der Waals surface area contributed by atoms with Gasteiger partial charge < -0.3 is 10.6 Å². The molecule has 2 aromatic carbocycles. The summed E-state index contributed by atoms with van der Waals surface area (Å²) in [5.41, 5.74) is 7.83. The molecule has 0 spiro atoms. The highest BCUT2D eigenvalue weighted by Gasteiger charge is 2.12. The lowest BCUT2D eigenvalue weighted by atomic mass is 10.1. The zero-order valence-electron chi connectivity index (χ0n) is 11.3. The second kappa shape index (κ2) is 6.30. The summed E-state index contributed by atoms with van der Waals surface area (Å²) < 4.78 is 13.1. The van der Waals surface area contributed by atoms with Gasteiger partial charge in [-0.1, -0.05) is 24.3 Å². The van der Waals surface area contributed by atoms with Crippen molar-refractivity contribution in [3.8, 4) is 0 Å². The van der Waals surface area contributed by atoms with Crippen LogP contribution in [0.3, 0.4) is 0 Å². The molecule has 0 bridgehead atoms. The molecule has 0 aromatic heterocycles. The Balaban J connectivity index is 2.12. The normalized spacial score (nSPS) is 10.3. The van der Waals surface area contributed by atoms with Gasteiger partial charge >= 0.3 is 0 Å². The first-order valence-electron chi connectivity index (χ1n) is 6.39. The van der Waals surface area contributed by atoms with Crippen LogP contribution in [0.15, 0.2) is 48.5 Å². The van der Waals surface area contributed by atoms with Gasteiger partial charge in [-0.05, 0) is 35.4 Å². The fraction of sp³-hybridized carbons (Fsp3) is 0.188. The minimum atomic E-state index is -0.298. The Morgan fingerprint density at radius 1 is 1.15 bits per heavy atom. The number of hydrogen-bond acceptors (Lipinski definition) is 2. The van der Waals surface area contributed by atoms with E-state index >= 15 is 0 Å². The van der Waals surface area contributed by atoms with Crippen LogP contribution in [0.5, 0.6) is 0 Å². The summed E-state index contributed by atoms with van der Waals surface area (Å²) >= 11 is 0. The van der Waals surface area contributed by atoms with Crippen LogP contribution in [-0.2, 0) is 13.1 Å². The van der Waals surface area contributed by atoms with Crippen molar-refractivity contribution in [2.45, 2.75) is 13.1 Å². The van der Waals surface area contributed by atoms with Crippen molar-refractivity contribution in [1.29, 1.82) is 0 Å². The van der Waals surface area contributed by atoms with E-state index in [1.165, 1.54) is 12.1 Å². The van der Waals surface area contributed by atoms with Crippen molar-refractivity contribution in [3.63, 3.8) is 0 Å². The summed E-state index contributed by atoms with van der Waals surface area (Å²) in [6.45, 7) is 0.762. The monoisotopic (exact) mass is 272 g/mol. The minimum absolute atomic E-state index is 0.107. The average molecular weight is 272 g/mol. The summed E-state index contributed by atoms with van der Waals surface area (Å²) in [6, 6.07) is 13.5. The van der Waals surface area contributed by atoms with Crippen LogP contribution in [-0.4, -0.2) is 17.9 Å². The fourth-order valence-electron chi connectivity index (χ4n) is 2.03. The maximum Gasteiger partial charge on any atom is 0.253 e. The maximum atomic E-state index is 13.1. The second-order valence-electron chi connectivity index (χ2n) is 4.70. The van der Waals surface area contributed by atoms with E-state index in [0.29, 0.717) is 18.7 Å². The molecule has 0 aliphatic heterocycles. The highest BCUT2D eigenvalue weighted by atomic mass is 19.1. The Morgan fingerprint density at radius 3 is 2.55 bits per heavy atom. The van der Waals surface area contributed by atoms with Gasteiger partial charge in [0.2, 0.25) is 0 Å². The second-order valence-corrected chi connectivity index (χ2v) is 4.70. The third-order valence-electron chi connectivity index (χ3n) is 3.07. The molecule has 0 unspecified atom stereocenters. The van der Waals surface area contributed by atoms with E-state index in [1.807, 2.05) is 12.1 Å². The van der Waals surface area contributed by atoms with Crippen molar-refractivity contribution in [3.05, 3.63) is 71.0 Å². The first-order valence-corrected chi connectivity index (χ1v) is 6.39. The quantitative estimate of drug-likeness (QED) is 0.929. The van der Waals surface area contributed by atoms with Crippen LogP contribution in [0.2, 0.25) is 0 Å². The summed E-state index contributed by atoms with van der Waals surface area (Å²) in [7, 11) is 1.70. The van der Waals surface area contributed by atoms with E-state index in [0.717, 1.165) is 11.1 Å². The predicted octanol–water partition coefficient (Wildman–Crippen LogP) is 2.56. The van der Waals surface area contributed by atoms with Gasteiger partial charge in [0.05, 0.1) is 0 Å². The van der Waals surface area contributed by atoms with Crippen LogP contribution < -0.4 is 5.73 Å². The molecule has 2 N–H and O–H groups in total. The van der Waals surface area contributed by atoms with Gasteiger partial charge in [-0.2, -0.15) is 0 Å². The first-order chi connectivity index (χ1) is 9.60. The number of amides is 1. The molecule has 0 radical (unpaired) electrons. The number of benzene rings is 2. The van der Waals surface area contributed by atoms with E-state index < -0.39 is 0 Å². The van der Waals surface area contributed by atoms with Crippen molar-refractivity contribution in [2.75, 3.05) is 7.05 Å². The molecule has 0 saturated heterocycles. The Hall–Kier alpha value is -2.20. The molecule has 0 aliphatic carbocycles. The molecule has 0 saturated carbocycles. The summed E-state index contributed by atoms with van der Waals surface area (Å²) in [6.07, 6.45) is 0. The maximum absolute atomic E-state index is 13.1. The summed E-state index contributed by atoms with van der Waals surface area (Å²) in [4.78, 5) is 13.9. The van der Waals surface area contributed by atoms with Gasteiger partial charge in [0, 0.05) is 25.7 Å². The molecule has 1 amide bonds. The molecular weight excluding hydrogens is 255 g/mol. The zero-order chi connectivity index (χ0) is 14.5. The van der Waals surface area contributed by atoms with Crippen LogP contribution in [0, 0.1) is 5.82 Å². The zero-order valence-corrected chi connectivity index (χ0v) is 11.3. The lowest BCUT2D eigenvalue weighted by Gasteiger charge is -2.17. The topological polar surface area (TPSA) is 46.3 Å². The van der Waals surface area contributed by atoms with Gasteiger partial charge in [0.25, 0.3) is 5.91 Å². The minimum Gasteiger partial charge on any atom is -0.337 e. The van der Waals surface area contributed by atoms with Crippen LogP contribution in [0.4, 0.5) is 4.39 Å². The van der Waals surface area contributed by atoms with Crippen LogP contribution >= 0.6 is 0 Å². The molecule has 0 aliphatic rings. The number of carbonyl (C=O) groups is 1. The molecule has 0 heterocycles. The number of nitrogens with zero attached hydrogens (tertiary/aromatic N) is 1. The van der Waals surface area contributed by atoms with E-state index in [4.69, 9.17) is 5.73 Å². The number of nitrogens with two attached hydrogens (primary N) is 1. The molecule has 4 heteroatoms. The molecule has 104 valence electrons. The number of halogens is 1. The van der Waals surface area contributed by atoms with E-state index in [2.05, 4.69) is 0 Å². The van der Waals surface area contributed by atoms with Gasteiger partial charge in [-0.15, -0.1) is 0 Å². The van der Waals surface area contributed by atoms with Crippen molar-refractivity contribution in [2.24, 2.45) is 5.73 Å². The molecule has 2 aromatic rings. The highest BCUT2D eigenvalue weighted by molar-refractivity contribution is 5.94. The standard InChI is InChI=1S/C16H17FN2O/c1-19(11-13-5-3-7-15(17)9-13)16(20)14-6-2-4-12(8-14)10-18/h2-9H,10-11,18H2,1H3.